The molecule has 5 nitrogen and oxygen atoms in total. The van der Waals surface area contributed by atoms with Crippen molar-refractivity contribution in [3.63, 3.8) is 0 Å². The van der Waals surface area contributed by atoms with Crippen molar-refractivity contribution in [2.24, 2.45) is 10.6 Å². The van der Waals surface area contributed by atoms with E-state index in [2.05, 4.69) is 13.8 Å². The molecule has 6 heteroatoms. The third-order valence-electron chi connectivity index (χ3n) is 3.88. The third-order valence-corrected chi connectivity index (χ3v) is 4.89. The molecule has 0 aromatic carbocycles. The second-order valence-corrected chi connectivity index (χ2v) is 8.19. The maximum absolute atomic E-state index is 11.5. The van der Waals surface area contributed by atoms with Crippen molar-refractivity contribution in [3.8, 4) is 0 Å². The zero-order valence-electron chi connectivity index (χ0n) is 14.3. The van der Waals surface area contributed by atoms with Crippen LogP contribution in [-0.2, 0) is 19.5 Å². The normalized spacial score (nSPS) is 13.6. The number of sulfonamides is 1. The minimum Gasteiger partial charge on any atom is -0.381 e. The average molecular weight is 323 g/mol. The fourth-order valence-electron chi connectivity index (χ4n) is 2.65. The van der Waals surface area contributed by atoms with Crippen LogP contribution in [0, 0.1) is 5.41 Å². The van der Waals surface area contributed by atoms with Gasteiger partial charge in [-0.15, -0.1) is 0 Å². The van der Waals surface area contributed by atoms with E-state index in [-0.39, 0.29) is 16.8 Å². The van der Waals surface area contributed by atoms with Gasteiger partial charge in [0.1, 0.15) is 0 Å². The zero-order valence-corrected chi connectivity index (χ0v) is 15.1. The highest BCUT2D eigenvalue weighted by molar-refractivity contribution is 7.89. The summed E-state index contributed by atoms with van der Waals surface area (Å²) in [5.41, 5.74) is -0.591. The van der Waals surface area contributed by atoms with Gasteiger partial charge in [-0.1, -0.05) is 26.7 Å². The maximum atomic E-state index is 11.5. The molecular weight excluding hydrogens is 290 g/mol. The van der Waals surface area contributed by atoms with Gasteiger partial charge in [-0.05, 0) is 33.1 Å². The SMILES string of the molecule is CCCC(CCC)(COCCC(C)(C)OC)CS(N)(=O)=O. The highest BCUT2D eigenvalue weighted by atomic mass is 32.2. The van der Waals surface area contributed by atoms with Crippen molar-refractivity contribution in [2.75, 3.05) is 26.1 Å². The monoisotopic (exact) mass is 323 g/mol. The Hall–Kier alpha value is -0.170. The Kier molecular flexibility index (Phi) is 9.00. The fourth-order valence-corrected chi connectivity index (χ4v) is 3.88. The molecule has 0 spiro atoms. The highest BCUT2D eigenvalue weighted by Gasteiger charge is 2.33. The van der Waals surface area contributed by atoms with Crippen molar-refractivity contribution < 1.29 is 17.9 Å². The van der Waals surface area contributed by atoms with Crippen molar-refractivity contribution in [1.29, 1.82) is 0 Å². The van der Waals surface area contributed by atoms with E-state index in [0.29, 0.717) is 13.2 Å². The van der Waals surface area contributed by atoms with E-state index < -0.39 is 10.0 Å². The van der Waals surface area contributed by atoms with Crippen molar-refractivity contribution >= 4 is 10.0 Å². The molecule has 0 saturated heterocycles. The van der Waals surface area contributed by atoms with Gasteiger partial charge in [-0.3, -0.25) is 0 Å². The van der Waals surface area contributed by atoms with Gasteiger partial charge in [-0.25, -0.2) is 13.6 Å². The zero-order chi connectivity index (χ0) is 16.6. The van der Waals surface area contributed by atoms with Crippen molar-refractivity contribution in [2.45, 2.75) is 65.4 Å². The Morgan fingerprint density at radius 3 is 1.95 bits per heavy atom. The number of hydrogen-bond acceptors (Lipinski definition) is 4. The van der Waals surface area contributed by atoms with Crippen LogP contribution in [0.15, 0.2) is 0 Å². The summed E-state index contributed by atoms with van der Waals surface area (Å²) in [4.78, 5) is 0. The number of primary sulfonamides is 1. The summed E-state index contributed by atoms with van der Waals surface area (Å²) in [6.45, 7) is 9.12. The van der Waals surface area contributed by atoms with E-state index in [1.54, 1.807) is 7.11 Å². The molecular formula is C15H33NO4S. The van der Waals surface area contributed by atoms with Crippen molar-refractivity contribution in [3.05, 3.63) is 0 Å². The summed E-state index contributed by atoms with van der Waals surface area (Å²) in [5, 5.41) is 5.27. The molecule has 0 rings (SSSR count). The quantitative estimate of drug-likeness (QED) is 0.560. The number of rotatable bonds is 12. The maximum Gasteiger partial charge on any atom is 0.209 e. The van der Waals surface area contributed by atoms with Gasteiger partial charge in [0.05, 0.1) is 18.0 Å². The predicted molar refractivity (Wildman–Crippen MR) is 86.7 cm³/mol. The number of nitrogens with two attached hydrogens (primary N) is 1. The van der Waals surface area contributed by atoms with E-state index in [0.717, 1.165) is 32.1 Å². The van der Waals surface area contributed by atoms with E-state index in [4.69, 9.17) is 14.6 Å². The standard InChI is InChI=1S/C15H33NO4S/c1-6-8-15(9-7-2,13-21(16,17)18)12-20-11-10-14(3,4)19-5/h6-13H2,1-5H3,(H2,16,17,18). The number of hydrogen-bond donors (Lipinski definition) is 1. The molecule has 0 aliphatic rings. The second-order valence-electron chi connectivity index (χ2n) is 6.57. The lowest BCUT2D eigenvalue weighted by Crippen LogP contribution is -2.38. The number of methoxy groups -OCH3 is 1. The summed E-state index contributed by atoms with van der Waals surface area (Å²) < 4.78 is 34.2. The molecule has 0 bridgehead atoms. The summed E-state index contributed by atoms with van der Waals surface area (Å²) >= 11 is 0. The second kappa shape index (κ2) is 9.08. The van der Waals surface area contributed by atoms with Crippen LogP contribution in [-0.4, -0.2) is 40.1 Å². The lowest BCUT2D eigenvalue weighted by molar-refractivity contribution is -0.0250. The smallest absolute Gasteiger partial charge is 0.209 e. The third kappa shape index (κ3) is 9.45. The van der Waals surface area contributed by atoms with Gasteiger partial charge in [0.25, 0.3) is 0 Å². The van der Waals surface area contributed by atoms with Gasteiger partial charge >= 0.3 is 0 Å². The van der Waals surface area contributed by atoms with Crippen molar-refractivity contribution in [1.82, 2.24) is 0 Å². The molecule has 0 aliphatic heterocycles. The van der Waals surface area contributed by atoms with Crippen LogP contribution >= 0.6 is 0 Å². The van der Waals surface area contributed by atoms with Crippen LogP contribution in [0.3, 0.4) is 0 Å². The average Bonchev–Trinajstić information content (AvgIpc) is 2.33. The lowest BCUT2D eigenvalue weighted by Gasteiger charge is -2.33. The predicted octanol–water partition coefficient (Wildman–Crippen LogP) is 2.69. The molecule has 0 fully saturated rings. The van der Waals surface area contributed by atoms with E-state index in [9.17, 15) is 8.42 Å². The fraction of sp³-hybridized carbons (Fsp3) is 1.00. The van der Waals surface area contributed by atoms with Crippen LogP contribution in [0.4, 0.5) is 0 Å². The topological polar surface area (TPSA) is 78.6 Å². The van der Waals surface area contributed by atoms with Gasteiger partial charge in [-0.2, -0.15) is 0 Å². The molecule has 0 atom stereocenters. The summed E-state index contributed by atoms with van der Waals surface area (Å²) in [5.74, 6) is -0.00461. The molecule has 21 heavy (non-hydrogen) atoms. The summed E-state index contributed by atoms with van der Waals surface area (Å²) in [6.07, 6.45) is 4.23. The largest absolute Gasteiger partial charge is 0.381 e. The molecule has 0 radical (unpaired) electrons. The minimum absolute atomic E-state index is 0.00461. The Bertz CT molecular complexity index is 373. The Labute approximate surface area is 130 Å². The molecule has 0 aliphatic carbocycles. The van der Waals surface area contributed by atoms with E-state index in [1.165, 1.54) is 0 Å². The van der Waals surface area contributed by atoms with Crippen LogP contribution < -0.4 is 5.14 Å². The summed E-state index contributed by atoms with van der Waals surface area (Å²) in [6, 6.07) is 0. The first-order valence-electron chi connectivity index (χ1n) is 7.73. The minimum atomic E-state index is -3.50. The van der Waals surface area contributed by atoms with E-state index in [1.807, 2.05) is 13.8 Å². The molecule has 0 amide bonds. The first-order chi connectivity index (χ1) is 9.60. The van der Waals surface area contributed by atoms with Gasteiger partial charge < -0.3 is 9.47 Å². The van der Waals surface area contributed by atoms with Crippen LogP contribution in [0.2, 0.25) is 0 Å². The van der Waals surface area contributed by atoms with E-state index >= 15 is 0 Å². The lowest BCUT2D eigenvalue weighted by atomic mass is 9.82. The molecule has 128 valence electrons. The van der Waals surface area contributed by atoms with Crippen LogP contribution in [0.25, 0.3) is 0 Å². The van der Waals surface area contributed by atoms with Crippen LogP contribution in [0.1, 0.15) is 59.8 Å². The Balaban J connectivity index is 4.66. The van der Waals surface area contributed by atoms with Crippen LogP contribution in [0.5, 0.6) is 0 Å². The molecule has 0 aromatic rings. The molecule has 2 N–H and O–H groups in total. The van der Waals surface area contributed by atoms with Gasteiger partial charge in [0.2, 0.25) is 10.0 Å². The Morgan fingerprint density at radius 2 is 1.57 bits per heavy atom. The number of ether oxygens (including phenoxy) is 2. The first kappa shape index (κ1) is 20.8. The van der Waals surface area contributed by atoms with Gasteiger partial charge in [0, 0.05) is 19.1 Å². The highest BCUT2D eigenvalue weighted by Crippen LogP contribution is 2.32. The Morgan fingerprint density at radius 1 is 1.05 bits per heavy atom. The summed E-state index contributed by atoms with van der Waals surface area (Å²) in [7, 11) is -1.82. The molecule has 0 aromatic heterocycles. The van der Waals surface area contributed by atoms with Gasteiger partial charge in [0.15, 0.2) is 0 Å². The molecule has 0 saturated carbocycles. The molecule has 0 heterocycles. The first-order valence-corrected chi connectivity index (χ1v) is 9.44. The molecule has 0 unspecified atom stereocenters.